The molecule has 0 aromatic heterocycles. The van der Waals surface area contributed by atoms with Crippen LogP contribution in [-0.4, -0.2) is 31.6 Å². The van der Waals surface area contributed by atoms with Crippen LogP contribution < -0.4 is 16.0 Å². The van der Waals surface area contributed by atoms with Crippen LogP contribution >= 0.6 is 0 Å². The van der Waals surface area contributed by atoms with E-state index in [0.717, 1.165) is 32.2 Å². The largest absolute Gasteiger partial charge is 0.369 e. The Morgan fingerprint density at radius 3 is 2.86 bits per heavy atom. The molecule has 1 fully saturated rings. The Morgan fingerprint density at radius 2 is 2.24 bits per heavy atom. The van der Waals surface area contributed by atoms with Crippen molar-refractivity contribution in [2.24, 2.45) is 11.7 Å². The molecule has 3 N–H and O–H groups in total. The molecule has 1 unspecified atom stereocenters. The smallest absolute Gasteiger partial charge is 0.239 e. The number of carbonyl (C=O) groups excluding carboxylic acids is 1. The van der Waals surface area contributed by atoms with E-state index in [1.807, 2.05) is 7.05 Å². The van der Waals surface area contributed by atoms with E-state index in [0.29, 0.717) is 12.5 Å². The van der Waals surface area contributed by atoms with Gasteiger partial charge in [-0.05, 0) is 57.2 Å². The number of likely N-dealkylation sites (N-methyl/N-ethyl adjacent to an activating group) is 1. The van der Waals surface area contributed by atoms with Crippen LogP contribution in [0.1, 0.15) is 30.4 Å². The minimum atomic E-state index is -0.584. The Kier molecular flexibility index (Phi) is 3.66. The van der Waals surface area contributed by atoms with Crippen LogP contribution in [0.25, 0.3) is 0 Å². The lowest BCUT2D eigenvalue weighted by Crippen LogP contribution is -2.62. The molecule has 0 bridgehead atoms. The zero-order valence-electron chi connectivity index (χ0n) is 13.0. The van der Waals surface area contributed by atoms with Gasteiger partial charge in [-0.15, -0.1) is 0 Å². The van der Waals surface area contributed by atoms with Crippen molar-refractivity contribution in [3.05, 3.63) is 29.3 Å². The standard InChI is InChI=1S/C17H25N3O/c1-12-5-8-15-13(10-12)4-3-9-20(15)11-17(19-2,16(18)21)14-6-7-14/h5,8,10,14,19H,3-4,6-7,9,11H2,1-2H3,(H2,18,21). The number of nitrogens with zero attached hydrogens (tertiary/aromatic N) is 1. The fourth-order valence-corrected chi connectivity index (χ4v) is 3.66. The van der Waals surface area contributed by atoms with Crippen LogP contribution in [0, 0.1) is 12.8 Å². The summed E-state index contributed by atoms with van der Waals surface area (Å²) in [5, 5.41) is 3.25. The second kappa shape index (κ2) is 5.34. The van der Waals surface area contributed by atoms with Gasteiger partial charge in [0, 0.05) is 18.8 Å². The van der Waals surface area contributed by atoms with Gasteiger partial charge in [0.1, 0.15) is 5.54 Å². The van der Waals surface area contributed by atoms with Crippen LogP contribution in [0.3, 0.4) is 0 Å². The highest BCUT2D eigenvalue weighted by atomic mass is 16.1. The summed E-state index contributed by atoms with van der Waals surface area (Å²) in [6.07, 6.45) is 4.45. The summed E-state index contributed by atoms with van der Waals surface area (Å²) in [5.74, 6) is 0.169. The molecule has 1 aromatic carbocycles. The molecule has 1 aromatic rings. The molecule has 0 saturated heterocycles. The molecule has 1 aliphatic heterocycles. The number of aryl methyl sites for hydroxylation is 2. The van der Waals surface area contributed by atoms with Crippen molar-refractivity contribution in [2.45, 2.75) is 38.1 Å². The molecule has 0 radical (unpaired) electrons. The zero-order chi connectivity index (χ0) is 15.0. The van der Waals surface area contributed by atoms with Gasteiger partial charge in [-0.3, -0.25) is 4.79 Å². The molecule has 4 nitrogen and oxygen atoms in total. The van der Waals surface area contributed by atoms with Gasteiger partial charge < -0.3 is 16.0 Å². The summed E-state index contributed by atoms with van der Waals surface area (Å²) in [4.78, 5) is 14.5. The summed E-state index contributed by atoms with van der Waals surface area (Å²) >= 11 is 0. The monoisotopic (exact) mass is 287 g/mol. The average Bonchev–Trinajstić information content (AvgIpc) is 3.29. The Balaban J connectivity index is 1.90. The molecular weight excluding hydrogens is 262 g/mol. The van der Waals surface area contributed by atoms with Gasteiger partial charge in [-0.2, -0.15) is 0 Å². The summed E-state index contributed by atoms with van der Waals surface area (Å²) < 4.78 is 0. The lowest BCUT2D eigenvalue weighted by Gasteiger charge is -2.40. The molecule has 1 heterocycles. The Labute approximate surface area is 126 Å². The highest BCUT2D eigenvalue weighted by Gasteiger charge is 2.50. The number of nitrogens with one attached hydrogen (secondary N) is 1. The predicted octanol–water partition coefficient (Wildman–Crippen LogP) is 1.60. The summed E-state index contributed by atoms with van der Waals surface area (Å²) in [5.41, 5.74) is 9.14. The fourth-order valence-electron chi connectivity index (χ4n) is 3.66. The Hall–Kier alpha value is -1.55. The number of carbonyl (C=O) groups is 1. The van der Waals surface area contributed by atoms with E-state index < -0.39 is 5.54 Å². The van der Waals surface area contributed by atoms with Crippen LogP contribution in [0.15, 0.2) is 18.2 Å². The van der Waals surface area contributed by atoms with Crippen LogP contribution in [-0.2, 0) is 11.2 Å². The van der Waals surface area contributed by atoms with Gasteiger partial charge in [-0.25, -0.2) is 0 Å². The minimum Gasteiger partial charge on any atom is -0.369 e. The number of fused-ring (bicyclic) bond motifs is 1. The maximum atomic E-state index is 12.1. The van der Waals surface area contributed by atoms with Crippen LogP contribution in [0.5, 0.6) is 0 Å². The lowest BCUT2D eigenvalue weighted by atomic mass is 9.89. The number of amides is 1. The first-order chi connectivity index (χ1) is 10.1. The van der Waals surface area contributed by atoms with Gasteiger partial charge in [0.25, 0.3) is 0 Å². The van der Waals surface area contributed by atoms with E-state index in [9.17, 15) is 4.79 Å². The zero-order valence-corrected chi connectivity index (χ0v) is 13.0. The SMILES string of the molecule is CNC(CN1CCCc2cc(C)ccc21)(C(N)=O)C1CC1. The van der Waals surface area contributed by atoms with Crippen LogP contribution in [0.4, 0.5) is 5.69 Å². The predicted molar refractivity (Wildman–Crippen MR) is 85.4 cm³/mol. The molecule has 3 rings (SSSR count). The summed E-state index contributed by atoms with van der Waals surface area (Å²) in [6, 6.07) is 6.61. The third-order valence-electron chi connectivity index (χ3n) is 5.05. The number of primary amides is 1. The molecule has 4 heteroatoms. The van der Waals surface area contributed by atoms with Crippen molar-refractivity contribution in [1.82, 2.24) is 5.32 Å². The van der Waals surface area contributed by atoms with Gasteiger partial charge in [0.2, 0.25) is 5.91 Å². The Morgan fingerprint density at radius 1 is 1.48 bits per heavy atom. The van der Waals surface area contributed by atoms with E-state index >= 15 is 0 Å². The molecular formula is C17H25N3O. The third kappa shape index (κ3) is 2.53. The molecule has 1 amide bonds. The number of hydrogen-bond donors (Lipinski definition) is 2. The van der Waals surface area contributed by atoms with Gasteiger partial charge in [-0.1, -0.05) is 17.7 Å². The van der Waals surface area contributed by atoms with Crippen molar-refractivity contribution in [3.63, 3.8) is 0 Å². The maximum absolute atomic E-state index is 12.1. The quantitative estimate of drug-likeness (QED) is 0.865. The normalized spacial score (nSPS) is 20.8. The van der Waals surface area contributed by atoms with Crippen molar-refractivity contribution < 1.29 is 4.79 Å². The van der Waals surface area contributed by atoms with Crippen molar-refractivity contribution in [1.29, 1.82) is 0 Å². The number of rotatable bonds is 5. The molecule has 2 aliphatic rings. The van der Waals surface area contributed by atoms with E-state index in [2.05, 4.69) is 35.3 Å². The van der Waals surface area contributed by atoms with Gasteiger partial charge in [0.05, 0.1) is 0 Å². The first-order valence-electron chi connectivity index (χ1n) is 7.90. The van der Waals surface area contributed by atoms with Crippen molar-refractivity contribution in [3.8, 4) is 0 Å². The first-order valence-corrected chi connectivity index (χ1v) is 7.90. The minimum absolute atomic E-state index is 0.216. The van der Waals surface area contributed by atoms with Gasteiger partial charge in [0.15, 0.2) is 0 Å². The molecule has 114 valence electrons. The number of nitrogens with two attached hydrogens (primary N) is 1. The van der Waals surface area contributed by atoms with E-state index in [1.54, 1.807) is 0 Å². The highest BCUT2D eigenvalue weighted by molar-refractivity contribution is 5.86. The second-order valence-corrected chi connectivity index (χ2v) is 6.52. The number of benzene rings is 1. The summed E-state index contributed by atoms with van der Waals surface area (Å²) in [6.45, 7) is 3.81. The number of anilines is 1. The first kappa shape index (κ1) is 14.4. The lowest BCUT2D eigenvalue weighted by molar-refractivity contribution is -0.124. The highest BCUT2D eigenvalue weighted by Crippen LogP contribution is 2.41. The van der Waals surface area contributed by atoms with Crippen molar-refractivity contribution in [2.75, 3.05) is 25.0 Å². The molecule has 1 aliphatic carbocycles. The molecule has 1 saturated carbocycles. The van der Waals surface area contributed by atoms with E-state index in [1.165, 1.54) is 16.8 Å². The average molecular weight is 287 g/mol. The van der Waals surface area contributed by atoms with E-state index in [4.69, 9.17) is 5.73 Å². The van der Waals surface area contributed by atoms with Crippen LogP contribution in [0.2, 0.25) is 0 Å². The molecule has 21 heavy (non-hydrogen) atoms. The molecule has 1 atom stereocenters. The van der Waals surface area contributed by atoms with Crippen molar-refractivity contribution >= 4 is 11.6 Å². The molecule has 0 spiro atoms. The fraction of sp³-hybridized carbons (Fsp3) is 0.588. The Bertz CT molecular complexity index is 553. The third-order valence-corrected chi connectivity index (χ3v) is 5.05. The number of hydrogen-bond acceptors (Lipinski definition) is 3. The topological polar surface area (TPSA) is 58.4 Å². The maximum Gasteiger partial charge on any atom is 0.239 e. The van der Waals surface area contributed by atoms with Gasteiger partial charge >= 0.3 is 0 Å². The second-order valence-electron chi connectivity index (χ2n) is 6.52. The summed E-state index contributed by atoms with van der Waals surface area (Å²) in [7, 11) is 1.86. The van der Waals surface area contributed by atoms with E-state index in [-0.39, 0.29) is 5.91 Å².